The Morgan fingerprint density at radius 1 is 1.15 bits per heavy atom. The Balaban J connectivity index is 2.15. The quantitative estimate of drug-likeness (QED) is 0.903. The minimum atomic E-state index is -0.0455. The van der Waals surface area contributed by atoms with Gasteiger partial charge < -0.3 is 15.2 Å². The highest BCUT2D eigenvalue weighted by Crippen LogP contribution is 2.26. The van der Waals surface area contributed by atoms with E-state index in [4.69, 9.17) is 15.2 Å². The molecule has 0 heterocycles. The van der Waals surface area contributed by atoms with Crippen molar-refractivity contribution in [3.05, 3.63) is 59.2 Å². The fourth-order valence-corrected chi connectivity index (χ4v) is 2.07. The summed E-state index contributed by atoms with van der Waals surface area (Å²) in [5.41, 5.74) is 9.24. The summed E-state index contributed by atoms with van der Waals surface area (Å²) >= 11 is 0. The minimum Gasteiger partial charge on any atom is -0.497 e. The summed E-state index contributed by atoms with van der Waals surface area (Å²) in [6, 6.07) is 13.9. The van der Waals surface area contributed by atoms with Crippen molar-refractivity contribution in [2.75, 3.05) is 7.11 Å². The van der Waals surface area contributed by atoms with Gasteiger partial charge in [0.25, 0.3) is 0 Å². The fraction of sp³-hybridized carbons (Fsp3) is 0.294. The Hall–Kier alpha value is -2.00. The molecule has 2 aromatic carbocycles. The van der Waals surface area contributed by atoms with E-state index in [1.165, 1.54) is 0 Å². The maximum absolute atomic E-state index is 5.98. The molecule has 1 atom stereocenters. The van der Waals surface area contributed by atoms with Crippen molar-refractivity contribution in [2.24, 2.45) is 5.73 Å². The summed E-state index contributed by atoms with van der Waals surface area (Å²) in [6.07, 6.45) is 0. The Morgan fingerprint density at radius 2 is 1.95 bits per heavy atom. The molecule has 0 aliphatic carbocycles. The Bertz CT molecular complexity index is 579. The van der Waals surface area contributed by atoms with Crippen LogP contribution in [0.1, 0.15) is 29.7 Å². The van der Waals surface area contributed by atoms with Gasteiger partial charge in [0.05, 0.1) is 7.11 Å². The average molecular weight is 271 g/mol. The number of rotatable bonds is 5. The van der Waals surface area contributed by atoms with Crippen molar-refractivity contribution >= 4 is 0 Å². The summed E-state index contributed by atoms with van der Waals surface area (Å²) in [7, 11) is 1.66. The van der Waals surface area contributed by atoms with Crippen LogP contribution in [0.5, 0.6) is 11.5 Å². The molecule has 2 N–H and O–H groups in total. The number of hydrogen-bond acceptors (Lipinski definition) is 3. The predicted octanol–water partition coefficient (Wildman–Crippen LogP) is 3.60. The molecule has 0 aliphatic heterocycles. The van der Waals surface area contributed by atoms with E-state index in [0.717, 1.165) is 28.2 Å². The van der Waals surface area contributed by atoms with E-state index in [-0.39, 0.29) is 6.04 Å². The first-order valence-corrected chi connectivity index (χ1v) is 6.72. The standard InChI is InChI=1S/C17H21NO2/c1-12-7-8-16(13(2)18)17(9-12)20-11-14-5-4-6-15(10-14)19-3/h4-10,13H,11,18H2,1-3H3/t13-/m0/s1. The number of ether oxygens (including phenoxy) is 2. The van der Waals surface area contributed by atoms with Gasteiger partial charge in [-0.25, -0.2) is 0 Å². The summed E-state index contributed by atoms with van der Waals surface area (Å²) < 4.78 is 11.1. The van der Waals surface area contributed by atoms with Gasteiger partial charge in [0.15, 0.2) is 0 Å². The number of benzene rings is 2. The van der Waals surface area contributed by atoms with Crippen LogP contribution in [0.3, 0.4) is 0 Å². The van der Waals surface area contributed by atoms with Gasteiger partial charge in [0.2, 0.25) is 0 Å². The molecule has 0 bridgehead atoms. The maximum Gasteiger partial charge on any atom is 0.124 e. The zero-order chi connectivity index (χ0) is 14.5. The van der Waals surface area contributed by atoms with Crippen LogP contribution in [0.25, 0.3) is 0 Å². The number of aryl methyl sites for hydroxylation is 1. The molecular weight excluding hydrogens is 250 g/mol. The highest BCUT2D eigenvalue weighted by Gasteiger charge is 2.08. The lowest BCUT2D eigenvalue weighted by Crippen LogP contribution is -2.08. The molecule has 0 aliphatic rings. The minimum absolute atomic E-state index is 0.0455. The second kappa shape index (κ2) is 6.44. The normalized spacial score (nSPS) is 12.0. The molecule has 3 heteroatoms. The molecule has 20 heavy (non-hydrogen) atoms. The third kappa shape index (κ3) is 3.52. The lowest BCUT2D eigenvalue weighted by atomic mass is 10.1. The Morgan fingerprint density at radius 3 is 2.65 bits per heavy atom. The average Bonchev–Trinajstić information content (AvgIpc) is 2.45. The molecule has 3 nitrogen and oxygen atoms in total. The zero-order valence-electron chi connectivity index (χ0n) is 12.2. The molecule has 0 amide bonds. The Kier molecular flexibility index (Phi) is 4.64. The van der Waals surface area contributed by atoms with Gasteiger partial charge in [-0.05, 0) is 43.2 Å². The van der Waals surface area contributed by atoms with Crippen LogP contribution in [0.15, 0.2) is 42.5 Å². The monoisotopic (exact) mass is 271 g/mol. The van der Waals surface area contributed by atoms with Gasteiger partial charge in [-0.15, -0.1) is 0 Å². The summed E-state index contributed by atoms with van der Waals surface area (Å²) in [5, 5.41) is 0. The molecule has 0 unspecified atom stereocenters. The van der Waals surface area contributed by atoms with E-state index < -0.39 is 0 Å². The van der Waals surface area contributed by atoms with Crippen LogP contribution in [0.4, 0.5) is 0 Å². The van der Waals surface area contributed by atoms with E-state index in [9.17, 15) is 0 Å². The summed E-state index contributed by atoms with van der Waals surface area (Å²) in [5.74, 6) is 1.69. The van der Waals surface area contributed by atoms with Crippen LogP contribution in [0, 0.1) is 6.92 Å². The van der Waals surface area contributed by atoms with Gasteiger partial charge in [-0.1, -0.05) is 24.3 Å². The first-order valence-electron chi connectivity index (χ1n) is 6.72. The van der Waals surface area contributed by atoms with Crippen LogP contribution in [0.2, 0.25) is 0 Å². The lowest BCUT2D eigenvalue weighted by molar-refractivity contribution is 0.300. The van der Waals surface area contributed by atoms with Crippen LogP contribution in [-0.2, 0) is 6.61 Å². The van der Waals surface area contributed by atoms with Crippen molar-refractivity contribution in [3.63, 3.8) is 0 Å². The van der Waals surface area contributed by atoms with Crippen LogP contribution < -0.4 is 15.2 Å². The molecule has 0 spiro atoms. The topological polar surface area (TPSA) is 44.5 Å². The van der Waals surface area contributed by atoms with Crippen LogP contribution in [-0.4, -0.2) is 7.11 Å². The summed E-state index contributed by atoms with van der Waals surface area (Å²) in [4.78, 5) is 0. The number of methoxy groups -OCH3 is 1. The van der Waals surface area contributed by atoms with Crippen molar-refractivity contribution in [1.82, 2.24) is 0 Å². The molecule has 0 radical (unpaired) electrons. The molecule has 2 rings (SSSR count). The van der Waals surface area contributed by atoms with Crippen molar-refractivity contribution < 1.29 is 9.47 Å². The highest BCUT2D eigenvalue weighted by molar-refractivity contribution is 5.39. The first kappa shape index (κ1) is 14.4. The molecule has 0 fully saturated rings. The van der Waals surface area contributed by atoms with Crippen LogP contribution >= 0.6 is 0 Å². The van der Waals surface area contributed by atoms with Gasteiger partial charge in [-0.2, -0.15) is 0 Å². The molecule has 0 aromatic heterocycles. The maximum atomic E-state index is 5.98. The predicted molar refractivity (Wildman–Crippen MR) is 81.1 cm³/mol. The third-order valence-corrected chi connectivity index (χ3v) is 3.19. The third-order valence-electron chi connectivity index (χ3n) is 3.19. The second-order valence-corrected chi connectivity index (χ2v) is 4.97. The second-order valence-electron chi connectivity index (χ2n) is 4.97. The van der Waals surface area contributed by atoms with Gasteiger partial charge in [0.1, 0.15) is 18.1 Å². The molecule has 2 aromatic rings. The van der Waals surface area contributed by atoms with E-state index >= 15 is 0 Å². The highest BCUT2D eigenvalue weighted by atomic mass is 16.5. The largest absolute Gasteiger partial charge is 0.497 e. The van der Waals surface area contributed by atoms with Crippen molar-refractivity contribution in [1.29, 1.82) is 0 Å². The molecular formula is C17H21NO2. The van der Waals surface area contributed by atoms with Gasteiger partial charge in [-0.3, -0.25) is 0 Å². The fourth-order valence-electron chi connectivity index (χ4n) is 2.07. The summed E-state index contributed by atoms with van der Waals surface area (Å²) in [6.45, 7) is 4.51. The van der Waals surface area contributed by atoms with E-state index in [1.807, 2.05) is 50.2 Å². The Labute approximate surface area is 120 Å². The lowest BCUT2D eigenvalue weighted by Gasteiger charge is -2.15. The van der Waals surface area contributed by atoms with E-state index in [2.05, 4.69) is 6.07 Å². The molecule has 106 valence electrons. The zero-order valence-corrected chi connectivity index (χ0v) is 12.2. The van der Waals surface area contributed by atoms with E-state index in [0.29, 0.717) is 6.61 Å². The van der Waals surface area contributed by atoms with Crippen molar-refractivity contribution in [2.45, 2.75) is 26.5 Å². The SMILES string of the molecule is COc1cccc(COc2cc(C)ccc2[C@H](C)N)c1. The molecule has 0 saturated carbocycles. The van der Waals surface area contributed by atoms with Gasteiger partial charge in [0, 0.05) is 11.6 Å². The van der Waals surface area contributed by atoms with Crippen molar-refractivity contribution in [3.8, 4) is 11.5 Å². The number of nitrogens with two attached hydrogens (primary N) is 1. The van der Waals surface area contributed by atoms with Gasteiger partial charge >= 0.3 is 0 Å². The number of hydrogen-bond donors (Lipinski definition) is 1. The molecule has 0 saturated heterocycles. The first-order chi connectivity index (χ1) is 9.60. The smallest absolute Gasteiger partial charge is 0.124 e. The van der Waals surface area contributed by atoms with E-state index in [1.54, 1.807) is 7.11 Å².